The summed E-state index contributed by atoms with van der Waals surface area (Å²) < 4.78 is 6.35. The van der Waals surface area contributed by atoms with Crippen molar-refractivity contribution in [3.05, 3.63) is 11.6 Å². The van der Waals surface area contributed by atoms with Gasteiger partial charge in [-0.1, -0.05) is 99.1 Å². The molecule has 5 aliphatic carbocycles. The Balaban J connectivity index is 1.10. The summed E-state index contributed by atoms with van der Waals surface area (Å²) in [6.45, 7) is 24.1. The maximum Gasteiger partial charge on any atom is 0.312 e. The van der Waals surface area contributed by atoms with E-state index in [0.29, 0.717) is 42.6 Å². The van der Waals surface area contributed by atoms with E-state index in [2.05, 4.69) is 71.3 Å². The highest BCUT2D eigenvalue weighted by Gasteiger charge is 2.69. The van der Waals surface area contributed by atoms with E-state index in [1.165, 1.54) is 38.5 Å². The molecule has 0 aromatic rings. The molecule has 1 N–H and O–H groups in total. The standard InChI is InChI=1S/C45H76N2O4/c1-9-10-11-12-13-14-15-38(49)47-28-26-46(27-29-47)30-31-51-40(50)45-23-18-32(2)33(3)39(45)34-16-17-36-42(6)21-20-37(48)41(4,5)35(42)19-22-44(36,8)43(34,7)24-25-45/h16,32-33,35-37,39,48H,9-15,17-31H2,1-8H3. The van der Waals surface area contributed by atoms with Crippen LogP contribution >= 0.6 is 0 Å². The zero-order chi connectivity index (χ0) is 36.8. The quantitative estimate of drug-likeness (QED) is 0.132. The largest absolute Gasteiger partial charge is 0.464 e. The van der Waals surface area contributed by atoms with E-state index in [0.717, 1.165) is 90.5 Å². The molecule has 10 atom stereocenters. The maximum absolute atomic E-state index is 14.5. The lowest BCUT2D eigenvalue weighted by Gasteiger charge is -2.71. The number of unbranched alkanes of at least 4 members (excludes halogenated alkanes) is 5. The predicted octanol–water partition coefficient (Wildman–Crippen LogP) is 9.44. The minimum atomic E-state index is -0.417. The first-order valence-electron chi connectivity index (χ1n) is 21.7. The number of ether oxygens (including phenoxy) is 1. The summed E-state index contributed by atoms with van der Waals surface area (Å²) in [7, 11) is 0. The first-order chi connectivity index (χ1) is 24.2. The van der Waals surface area contributed by atoms with Crippen LogP contribution in [0.15, 0.2) is 11.6 Å². The molecule has 6 rings (SSSR count). The Kier molecular flexibility index (Phi) is 11.6. The molecule has 6 heteroatoms. The number of aliphatic hydroxyl groups excluding tert-OH is 1. The first-order valence-corrected chi connectivity index (χ1v) is 21.7. The van der Waals surface area contributed by atoms with E-state index >= 15 is 0 Å². The summed E-state index contributed by atoms with van der Waals surface area (Å²) in [6, 6.07) is 0. The third-order valence-electron chi connectivity index (χ3n) is 17.5. The second kappa shape index (κ2) is 15.0. The van der Waals surface area contributed by atoms with Gasteiger partial charge in [0.15, 0.2) is 0 Å². The van der Waals surface area contributed by atoms with Crippen molar-refractivity contribution in [2.45, 2.75) is 164 Å². The molecular weight excluding hydrogens is 633 g/mol. The van der Waals surface area contributed by atoms with Gasteiger partial charge >= 0.3 is 5.97 Å². The van der Waals surface area contributed by atoms with Crippen LogP contribution in [0.5, 0.6) is 0 Å². The van der Waals surface area contributed by atoms with Crippen LogP contribution in [-0.2, 0) is 14.3 Å². The fraction of sp³-hybridized carbons (Fsp3) is 0.911. The van der Waals surface area contributed by atoms with Crippen LogP contribution < -0.4 is 0 Å². The second-order valence-electron chi connectivity index (χ2n) is 20.1. The van der Waals surface area contributed by atoms with Gasteiger partial charge in [-0.25, -0.2) is 0 Å². The summed E-state index contributed by atoms with van der Waals surface area (Å²) in [5.41, 5.74) is 1.64. The first kappa shape index (κ1) is 39.3. The number of carbonyl (C=O) groups excluding carboxylic acids is 2. The van der Waals surface area contributed by atoms with Crippen LogP contribution in [0, 0.1) is 56.7 Å². The highest BCUT2D eigenvalue weighted by molar-refractivity contribution is 5.79. The van der Waals surface area contributed by atoms with Crippen LogP contribution in [0.1, 0.15) is 158 Å². The van der Waals surface area contributed by atoms with Crippen LogP contribution in [0.4, 0.5) is 0 Å². The number of nitrogens with zero attached hydrogens (tertiary/aromatic N) is 2. The van der Waals surface area contributed by atoms with Gasteiger partial charge in [0.25, 0.3) is 0 Å². The molecule has 1 aliphatic heterocycles. The molecular formula is C45H76N2O4. The molecule has 290 valence electrons. The monoisotopic (exact) mass is 709 g/mol. The molecule has 0 spiro atoms. The minimum absolute atomic E-state index is 0.0454. The molecule has 6 aliphatic rings. The molecule has 0 radical (unpaired) electrons. The number of allylic oxidation sites excluding steroid dienone is 2. The summed E-state index contributed by atoms with van der Waals surface area (Å²) in [4.78, 5) is 31.8. The van der Waals surface area contributed by atoms with Gasteiger partial charge in [-0.05, 0) is 115 Å². The molecule has 5 fully saturated rings. The van der Waals surface area contributed by atoms with Gasteiger partial charge in [0.05, 0.1) is 11.5 Å². The molecule has 51 heavy (non-hydrogen) atoms. The topological polar surface area (TPSA) is 70.1 Å². The molecule has 10 unspecified atom stereocenters. The van der Waals surface area contributed by atoms with Crippen molar-refractivity contribution in [2.24, 2.45) is 56.7 Å². The van der Waals surface area contributed by atoms with Crippen molar-refractivity contribution in [3.8, 4) is 0 Å². The number of rotatable bonds is 11. The molecule has 1 saturated heterocycles. The van der Waals surface area contributed by atoms with Gasteiger partial charge in [-0.3, -0.25) is 14.5 Å². The molecule has 6 nitrogen and oxygen atoms in total. The van der Waals surface area contributed by atoms with Crippen molar-refractivity contribution in [1.82, 2.24) is 9.80 Å². The average Bonchev–Trinajstić information content (AvgIpc) is 3.10. The van der Waals surface area contributed by atoms with E-state index in [9.17, 15) is 14.7 Å². The number of aliphatic hydroxyl groups is 1. The smallest absolute Gasteiger partial charge is 0.312 e. The van der Waals surface area contributed by atoms with Crippen molar-refractivity contribution in [1.29, 1.82) is 0 Å². The molecule has 0 aromatic carbocycles. The number of fused-ring (bicyclic) bond motifs is 7. The molecule has 1 heterocycles. The summed E-state index contributed by atoms with van der Waals surface area (Å²) in [5, 5.41) is 11.1. The molecule has 0 aromatic heterocycles. The lowest BCUT2D eigenvalue weighted by molar-refractivity contribution is -0.207. The van der Waals surface area contributed by atoms with Gasteiger partial charge in [-0.15, -0.1) is 0 Å². The van der Waals surface area contributed by atoms with Crippen molar-refractivity contribution >= 4 is 11.9 Å². The molecule has 4 saturated carbocycles. The highest BCUT2D eigenvalue weighted by atomic mass is 16.5. The summed E-state index contributed by atoms with van der Waals surface area (Å²) in [6.07, 6.45) is 20.0. The van der Waals surface area contributed by atoms with Crippen LogP contribution in [0.3, 0.4) is 0 Å². The average molecular weight is 709 g/mol. The van der Waals surface area contributed by atoms with E-state index in [1.54, 1.807) is 5.57 Å². The third kappa shape index (κ3) is 6.69. The third-order valence-corrected chi connectivity index (χ3v) is 17.5. The predicted molar refractivity (Wildman–Crippen MR) is 207 cm³/mol. The summed E-state index contributed by atoms with van der Waals surface area (Å²) >= 11 is 0. The van der Waals surface area contributed by atoms with E-state index < -0.39 is 5.41 Å². The van der Waals surface area contributed by atoms with Gasteiger partial charge in [0.2, 0.25) is 5.91 Å². The minimum Gasteiger partial charge on any atom is -0.464 e. The zero-order valence-electron chi connectivity index (χ0n) is 34.2. The molecule has 0 bridgehead atoms. The number of hydrogen-bond acceptors (Lipinski definition) is 5. The Morgan fingerprint density at radius 2 is 1.55 bits per heavy atom. The van der Waals surface area contributed by atoms with Crippen molar-refractivity contribution in [2.75, 3.05) is 39.3 Å². The number of hydrogen-bond donors (Lipinski definition) is 1. The van der Waals surface area contributed by atoms with Crippen molar-refractivity contribution in [3.63, 3.8) is 0 Å². The van der Waals surface area contributed by atoms with Gasteiger partial charge < -0.3 is 14.7 Å². The summed E-state index contributed by atoms with van der Waals surface area (Å²) in [5.74, 6) is 2.83. The zero-order valence-corrected chi connectivity index (χ0v) is 34.2. The SMILES string of the molecule is CCCCCCCCC(=O)N1CCN(CCOC(=O)C23CCC(C)C(C)C2C2=CCC4C5(C)CCC(O)C(C)(C)C5CCC4(C)C2(C)CC3)CC1. The van der Waals surface area contributed by atoms with Crippen molar-refractivity contribution < 1.29 is 19.4 Å². The second-order valence-corrected chi connectivity index (χ2v) is 20.1. The lowest BCUT2D eigenvalue weighted by atomic mass is 9.33. The van der Waals surface area contributed by atoms with E-state index in [-0.39, 0.29) is 39.7 Å². The van der Waals surface area contributed by atoms with Crippen LogP contribution in [-0.4, -0.2) is 72.2 Å². The van der Waals surface area contributed by atoms with Crippen LogP contribution in [0.2, 0.25) is 0 Å². The van der Waals surface area contributed by atoms with Gasteiger partial charge in [0.1, 0.15) is 6.61 Å². The number of piperazine rings is 1. The number of carbonyl (C=O) groups is 2. The Morgan fingerprint density at radius 3 is 2.27 bits per heavy atom. The Morgan fingerprint density at radius 1 is 0.843 bits per heavy atom. The number of amides is 1. The normalized spacial score (nSPS) is 42.1. The van der Waals surface area contributed by atoms with Gasteiger partial charge in [-0.2, -0.15) is 0 Å². The fourth-order valence-corrected chi connectivity index (χ4v) is 13.7. The Labute approximate surface area is 312 Å². The maximum atomic E-state index is 14.5. The fourth-order valence-electron chi connectivity index (χ4n) is 13.7. The van der Waals surface area contributed by atoms with Gasteiger partial charge in [0, 0.05) is 39.1 Å². The van der Waals surface area contributed by atoms with E-state index in [1.807, 2.05) is 0 Å². The molecule has 1 amide bonds. The highest BCUT2D eigenvalue weighted by Crippen LogP contribution is 2.75. The number of esters is 1. The lowest BCUT2D eigenvalue weighted by Crippen LogP contribution is -2.65. The van der Waals surface area contributed by atoms with Crippen LogP contribution in [0.25, 0.3) is 0 Å². The Hall–Kier alpha value is -1.40. The van der Waals surface area contributed by atoms with E-state index in [4.69, 9.17) is 4.74 Å². The Bertz CT molecular complexity index is 1290.